The summed E-state index contributed by atoms with van der Waals surface area (Å²) < 4.78 is 26.6. The van der Waals surface area contributed by atoms with E-state index in [1.165, 1.54) is 10.6 Å². The highest BCUT2D eigenvalue weighted by Gasteiger charge is 2.35. The van der Waals surface area contributed by atoms with Gasteiger partial charge in [-0.15, -0.1) is 0 Å². The van der Waals surface area contributed by atoms with Crippen molar-refractivity contribution < 1.29 is 8.42 Å². The number of nitrogens with zero attached hydrogens (tertiary/aromatic N) is 2. The van der Waals surface area contributed by atoms with Crippen molar-refractivity contribution in [1.29, 1.82) is 0 Å². The van der Waals surface area contributed by atoms with E-state index in [0.29, 0.717) is 18.0 Å². The normalized spacial score (nSPS) is 17.1. The molecule has 0 aliphatic carbocycles. The van der Waals surface area contributed by atoms with Gasteiger partial charge in [0.05, 0.1) is 5.69 Å². The van der Waals surface area contributed by atoms with Gasteiger partial charge >= 0.3 is 0 Å². The van der Waals surface area contributed by atoms with E-state index in [-0.39, 0.29) is 10.3 Å². The summed E-state index contributed by atoms with van der Waals surface area (Å²) in [4.78, 5) is 4.53. The molecule has 0 radical (unpaired) electrons. The molecule has 4 nitrogen and oxygen atoms in total. The van der Waals surface area contributed by atoms with Gasteiger partial charge in [0.2, 0.25) is 0 Å². The Morgan fingerprint density at radius 3 is 2.50 bits per heavy atom. The molecular formula is C14H20N2O2S2. The third-order valence-electron chi connectivity index (χ3n) is 4.10. The first kappa shape index (κ1) is 15.4. The van der Waals surface area contributed by atoms with Crippen molar-refractivity contribution in [2.24, 2.45) is 10.4 Å². The molecule has 1 aromatic carbocycles. The molecule has 6 heteroatoms. The molecule has 110 valence electrons. The van der Waals surface area contributed by atoms with Crippen LogP contribution in [0.1, 0.15) is 26.7 Å². The van der Waals surface area contributed by atoms with Crippen molar-refractivity contribution in [3.63, 3.8) is 0 Å². The van der Waals surface area contributed by atoms with Crippen LogP contribution >= 0.6 is 12.6 Å². The number of thiol groups is 1. The molecular weight excluding hydrogens is 292 g/mol. The van der Waals surface area contributed by atoms with E-state index < -0.39 is 10.0 Å². The molecule has 2 rings (SSSR count). The first-order valence-electron chi connectivity index (χ1n) is 6.75. The van der Waals surface area contributed by atoms with Gasteiger partial charge < -0.3 is 0 Å². The Kier molecular flexibility index (Phi) is 4.44. The van der Waals surface area contributed by atoms with Gasteiger partial charge in [-0.25, -0.2) is 13.4 Å². The van der Waals surface area contributed by atoms with Gasteiger partial charge in [0.25, 0.3) is 10.0 Å². The number of para-hydroxylation sites is 1. The summed E-state index contributed by atoms with van der Waals surface area (Å²) in [7, 11) is -3.50. The Hall–Kier alpha value is -1.01. The number of hydrogen-bond donors (Lipinski definition) is 1. The molecule has 1 aliphatic rings. The summed E-state index contributed by atoms with van der Waals surface area (Å²) in [5, 5.41) is 0. The lowest BCUT2D eigenvalue weighted by atomic mass is 9.84. The van der Waals surface area contributed by atoms with E-state index in [2.05, 4.69) is 31.5 Å². The quantitative estimate of drug-likeness (QED) is 0.849. The highest BCUT2D eigenvalue weighted by molar-refractivity contribution is 7.89. The molecule has 1 heterocycles. The van der Waals surface area contributed by atoms with Gasteiger partial charge in [0.15, 0.2) is 0 Å². The van der Waals surface area contributed by atoms with Crippen LogP contribution in [0.15, 0.2) is 34.2 Å². The molecule has 1 aromatic rings. The zero-order chi connectivity index (χ0) is 14.8. The van der Waals surface area contributed by atoms with Crippen LogP contribution < -0.4 is 0 Å². The molecule has 1 aliphatic heterocycles. The van der Waals surface area contributed by atoms with Crippen LogP contribution in [-0.2, 0) is 10.0 Å². The fourth-order valence-electron chi connectivity index (χ4n) is 2.30. The lowest BCUT2D eigenvalue weighted by molar-refractivity contribution is 0.267. The fraction of sp³-hybridized carbons (Fsp3) is 0.500. The van der Waals surface area contributed by atoms with Crippen molar-refractivity contribution in [1.82, 2.24) is 4.31 Å². The van der Waals surface area contributed by atoms with Crippen LogP contribution in [0.5, 0.6) is 0 Å². The summed E-state index contributed by atoms with van der Waals surface area (Å²) in [5.74, 6) is 0.654. The molecule has 0 spiro atoms. The van der Waals surface area contributed by atoms with Crippen LogP contribution in [0.4, 0.5) is 5.69 Å². The second kappa shape index (κ2) is 5.77. The Morgan fingerprint density at radius 1 is 1.25 bits per heavy atom. The summed E-state index contributed by atoms with van der Waals surface area (Å²) in [6.07, 6.45) is 3.20. The summed E-state index contributed by atoms with van der Waals surface area (Å²) in [5.41, 5.74) is 0.391. The number of rotatable bonds is 5. The molecule has 0 atom stereocenters. The number of aliphatic imine (C=N–C) groups is 1. The van der Waals surface area contributed by atoms with Crippen LogP contribution in [0.2, 0.25) is 0 Å². The average Bonchev–Trinajstić information content (AvgIpc) is 2.47. The molecule has 0 aromatic heterocycles. The lowest BCUT2D eigenvalue weighted by Gasteiger charge is -2.35. The Morgan fingerprint density at radius 2 is 1.90 bits per heavy atom. The zero-order valence-corrected chi connectivity index (χ0v) is 13.5. The maximum atomic E-state index is 12.6. The van der Waals surface area contributed by atoms with E-state index in [1.54, 1.807) is 24.3 Å². The van der Waals surface area contributed by atoms with E-state index >= 15 is 0 Å². The predicted octanol–water partition coefficient (Wildman–Crippen LogP) is 3.09. The first-order chi connectivity index (χ1) is 9.49. The van der Waals surface area contributed by atoms with Gasteiger partial charge in [-0.1, -0.05) is 26.0 Å². The predicted molar refractivity (Wildman–Crippen MR) is 85.4 cm³/mol. The maximum absolute atomic E-state index is 12.6. The van der Waals surface area contributed by atoms with Gasteiger partial charge in [0.1, 0.15) is 11.2 Å². The third-order valence-corrected chi connectivity index (χ3v) is 6.52. The van der Waals surface area contributed by atoms with Crippen LogP contribution in [0.3, 0.4) is 0 Å². The second-order valence-corrected chi connectivity index (χ2v) is 7.30. The molecule has 0 saturated carbocycles. The van der Waals surface area contributed by atoms with Gasteiger partial charge in [-0.05, 0) is 36.1 Å². The lowest BCUT2D eigenvalue weighted by Crippen LogP contribution is -2.42. The van der Waals surface area contributed by atoms with Crippen molar-refractivity contribution in [3.8, 4) is 0 Å². The highest BCUT2D eigenvalue weighted by atomic mass is 32.2. The monoisotopic (exact) mass is 312 g/mol. The molecule has 0 saturated heterocycles. The first-order valence-corrected chi connectivity index (χ1v) is 8.82. The molecule has 0 N–H and O–H groups in total. The number of benzene rings is 1. The Bertz CT molecular complexity index is 599. The highest BCUT2D eigenvalue weighted by Crippen LogP contribution is 2.35. The minimum absolute atomic E-state index is 0.117. The molecule has 0 amide bonds. The second-order valence-electron chi connectivity index (χ2n) is 5.13. The van der Waals surface area contributed by atoms with Gasteiger partial charge in [-0.2, -0.15) is 12.6 Å². The SMILES string of the molecule is CCC(CC)(CS)CN1C=Nc2ccccc2S1(=O)=O. The fourth-order valence-corrected chi connectivity index (χ4v) is 4.35. The molecule has 0 unspecified atom stereocenters. The summed E-state index contributed by atoms with van der Waals surface area (Å²) >= 11 is 4.41. The number of sulfonamides is 1. The van der Waals surface area contributed by atoms with Crippen LogP contribution in [0.25, 0.3) is 0 Å². The number of hydrogen-bond acceptors (Lipinski definition) is 4. The number of fused-ring (bicyclic) bond motifs is 1. The topological polar surface area (TPSA) is 49.7 Å². The van der Waals surface area contributed by atoms with Gasteiger partial charge in [-0.3, -0.25) is 4.31 Å². The molecule has 0 fully saturated rings. The molecule has 20 heavy (non-hydrogen) atoms. The minimum Gasteiger partial charge on any atom is -0.256 e. The van der Waals surface area contributed by atoms with Crippen LogP contribution in [0, 0.1) is 5.41 Å². The largest absolute Gasteiger partial charge is 0.267 e. The minimum atomic E-state index is -3.50. The van der Waals surface area contributed by atoms with E-state index in [4.69, 9.17) is 0 Å². The third kappa shape index (κ3) is 2.59. The maximum Gasteiger partial charge on any atom is 0.267 e. The van der Waals surface area contributed by atoms with Crippen molar-refractivity contribution in [2.75, 3.05) is 12.3 Å². The summed E-state index contributed by atoms with van der Waals surface area (Å²) in [6.45, 7) is 4.56. The van der Waals surface area contributed by atoms with Crippen molar-refractivity contribution in [2.45, 2.75) is 31.6 Å². The van der Waals surface area contributed by atoms with Crippen molar-refractivity contribution >= 4 is 34.7 Å². The van der Waals surface area contributed by atoms with E-state index in [1.807, 2.05) is 0 Å². The average molecular weight is 312 g/mol. The standard InChI is InChI=1S/C14H20N2O2S2/c1-3-14(4-2,10-19)9-16-11-15-12-7-5-6-8-13(12)20(16,17)18/h5-8,11,19H,3-4,9-10H2,1-2H3. The van der Waals surface area contributed by atoms with Crippen LogP contribution in [-0.4, -0.2) is 31.4 Å². The smallest absolute Gasteiger partial charge is 0.256 e. The van der Waals surface area contributed by atoms with Crippen molar-refractivity contribution in [3.05, 3.63) is 24.3 Å². The molecule has 0 bridgehead atoms. The van der Waals surface area contributed by atoms with E-state index in [0.717, 1.165) is 12.8 Å². The zero-order valence-electron chi connectivity index (χ0n) is 11.8. The van der Waals surface area contributed by atoms with Gasteiger partial charge in [0, 0.05) is 6.54 Å². The Labute approximate surface area is 126 Å². The van der Waals surface area contributed by atoms with E-state index in [9.17, 15) is 8.42 Å². The summed E-state index contributed by atoms with van der Waals surface area (Å²) in [6, 6.07) is 6.83. The Balaban J connectivity index is 2.38.